The first-order valence-corrected chi connectivity index (χ1v) is 7.23. The van der Waals surface area contributed by atoms with Gasteiger partial charge >= 0.3 is 0 Å². The van der Waals surface area contributed by atoms with Gasteiger partial charge in [-0.2, -0.15) is 5.26 Å². The van der Waals surface area contributed by atoms with Crippen LogP contribution in [0.25, 0.3) is 0 Å². The molecule has 1 heterocycles. The van der Waals surface area contributed by atoms with Gasteiger partial charge in [0.15, 0.2) is 0 Å². The number of carbonyl (C=O) groups excluding carboxylic acids is 1. The second-order valence-corrected chi connectivity index (χ2v) is 5.38. The largest absolute Gasteiger partial charge is 0.378 e. The highest BCUT2D eigenvalue weighted by Crippen LogP contribution is 2.25. The molecule has 1 amide bonds. The van der Waals surface area contributed by atoms with Crippen LogP contribution in [0.5, 0.6) is 0 Å². The number of amides is 1. The van der Waals surface area contributed by atoms with Crippen LogP contribution in [-0.4, -0.2) is 60.6 Å². The fourth-order valence-electron chi connectivity index (χ4n) is 3.09. The number of nitriles is 1. The van der Waals surface area contributed by atoms with Crippen molar-refractivity contribution in [1.82, 2.24) is 9.80 Å². The number of hydrogen-bond acceptors (Lipinski definition) is 4. The van der Waals surface area contributed by atoms with Crippen LogP contribution >= 0.6 is 0 Å². The second-order valence-electron chi connectivity index (χ2n) is 5.38. The monoisotopic (exact) mass is 265 g/mol. The molecule has 1 saturated heterocycles. The lowest BCUT2D eigenvalue weighted by molar-refractivity contribution is -0.141. The number of rotatable bonds is 4. The Labute approximate surface area is 115 Å². The Hall–Kier alpha value is -1.12. The molecule has 1 saturated carbocycles. The van der Waals surface area contributed by atoms with Gasteiger partial charge in [0.25, 0.3) is 0 Å². The zero-order chi connectivity index (χ0) is 13.7. The zero-order valence-electron chi connectivity index (χ0n) is 11.7. The van der Waals surface area contributed by atoms with E-state index in [0.29, 0.717) is 38.9 Å². The van der Waals surface area contributed by atoms with Gasteiger partial charge in [-0.05, 0) is 19.8 Å². The highest BCUT2D eigenvalue weighted by atomic mass is 16.5. The minimum atomic E-state index is -0.194. The van der Waals surface area contributed by atoms with Crippen molar-refractivity contribution in [3.05, 3.63) is 0 Å². The molecule has 2 rings (SSSR count). The number of morpholine rings is 1. The lowest BCUT2D eigenvalue weighted by Crippen LogP contribution is -2.53. The summed E-state index contributed by atoms with van der Waals surface area (Å²) < 4.78 is 5.28. The van der Waals surface area contributed by atoms with Crippen molar-refractivity contribution in [2.24, 2.45) is 0 Å². The zero-order valence-corrected chi connectivity index (χ0v) is 11.7. The maximum absolute atomic E-state index is 12.5. The molecule has 106 valence electrons. The Balaban J connectivity index is 1.98. The molecule has 2 aliphatic rings. The van der Waals surface area contributed by atoms with E-state index < -0.39 is 0 Å². The number of hydrogen-bond donors (Lipinski definition) is 0. The summed E-state index contributed by atoms with van der Waals surface area (Å²) in [6.07, 6.45) is 4.65. The molecule has 5 heteroatoms. The summed E-state index contributed by atoms with van der Waals surface area (Å²) in [5.41, 5.74) is 0. The number of carbonyl (C=O) groups is 1. The van der Waals surface area contributed by atoms with Crippen molar-refractivity contribution >= 4 is 5.91 Å². The van der Waals surface area contributed by atoms with E-state index in [2.05, 4.69) is 11.0 Å². The van der Waals surface area contributed by atoms with Crippen molar-refractivity contribution in [3.8, 4) is 6.07 Å². The van der Waals surface area contributed by atoms with Crippen LogP contribution in [-0.2, 0) is 9.53 Å². The Bertz CT molecular complexity index is 341. The lowest BCUT2D eigenvalue weighted by Gasteiger charge is -2.36. The maximum atomic E-state index is 12.5. The van der Waals surface area contributed by atoms with Gasteiger partial charge in [0.2, 0.25) is 5.91 Å². The van der Waals surface area contributed by atoms with Crippen LogP contribution < -0.4 is 0 Å². The first-order valence-electron chi connectivity index (χ1n) is 7.23. The smallest absolute Gasteiger partial charge is 0.239 e. The van der Waals surface area contributed by atoms with Gasteiger partial charge < -0.3 is 9.64 Å². The summed E-state index contributed by atoms with van der Waals surface area (Å²) >= 11 is 0. The fraction of sp³-hybridized carbons (Fsp3) is 0.857. The van der Waals surface area contributed by atoms with Gasteiger partial charge in [-0.3, -0.25) is 9.69 Å². The normalized spacial score (nSPS) is 22.5. The number of ether oxygens (including phenoxy) is 1. The standard InChI is InChI=1S/C14H23N3O2/c1-12(14(18)16-8-10-19-11-9-16)17(7-6-15)13-4-2-3-5-13/h12-13H,2-5,7-11H2,1H3. The highest BCUT2D eigenvalue weighted by Gasteiger charge is 2.32. The molecule has 0 aromatic heterocycles. The van der Waals surface area contributed by atoms with Crippen LogP contribution in [0.3, 0.4) is 0 Å². The van der Waals surface area contributed by atoms with E-state index in [1.54, 1.807) is 0 Å². The van der Waals surface area contributed by atoms with E-state index >= 15 is 0 Å². The Morgan fingerprint density at radius 2 is 2.05 bits per heavy atom. The van der Waals surface area contributed by atoms with Gasteiger partial charge in [-0.15, -0.1) is 0 Å². The van der Waals surface area contributed by atoms with Gasteiger partial charge in [0.1, 0.15) is 0 Å². The van der Waals surface area contributed by atoms with E-state index in [1.165, 1.54) is 12.8 Å². The summed E-state index contributed by atoms with van der Waals surface area (Å²) in [5.74, 6) is 0.144. The second kappa shape index (κ2) is 6.88. The van der Waals surface area contributed by atoms with E-state index in [0.717, 1.165) is 12.8 Å². The summed E-state index contributed by atoms with van der Waals surface area (Å²) in [5, 5.41) is 9.00. The third-order valence-corrected chi connectivity index (χ3v) is 4.22. The summed E-state index contributed by atoms with van der Waals surface area (Å²) in [4.78, 5) is 16.4. The Kier molecular flexibility index (Phi) is 5.17. The molecule has 1 aliphatic carbocycles. The molecule has 2 fully saturated rings. The Morgan fingerprint density at radius 3 is 2.63 bits per heavy atom. The predicted octanol–water partition coefficient (Wildman–Crippen LogP) is 1.00. The van der Waals surface area contributed by atoms with E-state index in [-0.39, 0.29) is 11.9 Å². The summed E-state index contributed by atoms with van der Waals surface area (Å²) in [6.45, 7) is 4.89. The molecule has 0 N–H and O–H groups in total. The molecule has 5 nitrogen and oxygen atoms in total. The molecular formula is C14H23N3O2. The van der Waals surface area contributed by atoms with Gasteiger partial charge in [0, 0.05) is 19.1 Å². The lowest BCUT2D eigenvalue weighted by atomic mass is 10.1. The van der Waals surface area contributed by atoms with Crippen molar-refractivity contribution in [1.29, 1.82) is 5.26 Å². The molecule has 1 atom stereocenters. The van der Waals surface area contributed by atoms with Gasteiger partial charge in [-0.25, -0.2) is 0 Å². The minimum absolute atomic E-state index is 0.144. The molecule has 1 aliphatic heterocycles. The van der Waals surface area contributed by atoms with Crippen LogP contribution in [0.1, 0.15) is 32.6 Å². The fourth-order valence-corrected chi connectivity index (χ4v) is 3.09. The molecule has 0 aromatic rings. The highest BCUT2D eigenvalue weighted by molar-refractivity contribution is 5.81. The van der Waals surface area contributed by atoms with E-state index in [9.17, 15) is 4.79 Å². The minimum Gasteiger partial charge on any atom is -0.378 e. The van der Waals surface area contributed by atoms with Gasteiger partial charge in [0.05, 0.1) is 31.9 Å². The molecule has 0 aromatic carbocycles. The third-order valence-electron chi connectivity index (χ3n) is 4.22. The van der Waals surface area contributed by atoms with Gasteiger partial charge in [-0.1, -0.05) is 12.8 Å². The van der Waals surface area contributed by atoms with E-state index in [4.69, 9.17) is 10.00 Å². The van der Waals surface area contributed by atoms with Crippen LogP contribution in [0, 0.1) is 11.3 Å². The average Bonchev–Trinajstić information content (AvgIpc) is 2.98. The van der Waals surface area contributed by atoms with Crippen molar-refractivity contribution < 1.29 is 9.53 Å². The average molecular weight is 265 g/mol. The van der Waals surface area contributed by atoms with E-state index in [1.807, 2.05) is 11.8 Å². The van der Waals surface area contributed by atoms with Crippen molar-refractivity contribution in [3.63, 3.8) is 0 Å². The molecular weight excluding hydrogens is 242 g/mol. The van der Waals surface area contributed by atoms with Crippen LogP contribution in [0.2, 0.25) is 0 Å². The molecule has 0 spiro atoms. The summed E-state index contributed by atoms with van der Waals surface area (Å²) in [6, 6.07) is 2.42. The van der Waals surface area contributed by atoms with Crippen molar-refractivity contribution in [2.45, 2.75) is 44.7 Å². The predicted molar refractivity (Wildman–Crippen MR) is 71.4 cm³/mol. The Morgan fingerprint density at radius 1 is 1.42 bits per heavy atom. The van der Waals surface area contributed by atoms with Crippen molar-refractivity contribution in [2.75, 3.05) is 32.8 Å². The maximum Gasteiger partial charge on any atom is 0.239 e. The SMILES string of the molecule is CC(C(=O)N1CCOCC1)N(CC#N)C1CCCC1. The van der Waals surface area contributed by atoms with Crippen LogP contribution in [0.15, 0.2) is 0 Å². The summed E-state index contributed by atoms with van der Waals surface area (Å²) in [7, 11) is 0. The molecule has 0 bridgehead atoms. The third kappa shape index (κ3) is 3.46. The first-order chi connectivity index (χ1) is 9.24. The topological polar surface area (TPSA) is 56.6 Å². The number of nitrogens with zero attached hydrogens (tertiary/aromatic N) is 3. The molecule has 1 unspecified atom stereocenters. The van der Waals surface area contributed by atoms with Crippen LogP contribution in [0.4, 0.5) is 0 Å². The first kappa shape index (κ1) is 14.3. The molecule has 19 heavy (non-hydrogen) atoms. The molecule has 0 radical (unpaired) electrons. The quantitative estimate of drug-likeness (QED) is 0.712.